The molecule has 2 fully saturated rings. The van der Waals surface area contributed by atoms with E-state index < -0.39 is 5.92 Å². The molecule has 2 aliphatic rings. The topological polar surface area (TPSA) is 85.9 Å². The van der Waals surface area contributed by atoms with Gasteiger partial charge in [0.2, 0.25) is 11.8 Å². The van der Waals surface area contributed by atoms with Crippen LogP contribution in [0, 0.1) is 12.8 Å². The number of amides is 2. The van der Waals surface area contributed by atoms with E-state index in [2.05, 4.69) is 21.1 Å². The lowest BCUT2D eigenvalue weighted by Gasteiger charge is -2.26. The molecule has 3 N–H and O–H groups in total. The van der Waals surface area contributed by atoms with E-state index in [9.17, 15) is 9.59 Å². The summed E-state index contributed by atoms with van der Waals surface area (Å²) >= 11 is 5.19. The summed E-state index contributed by atoms with van der Waals surface area (Å²) in [5.74, 6) is -0.687. The summed E-state index contributed by atoms with van der Waals surface area (Å²) in [5.41, 5.74) is 7.28. The van der Waals surface area contributed by atoms with Crippen molar-refractivity contribution in [1.29, 1.82) is 0 Å². The molecule has 0 radical (unpaired) electrons. The minimum atomic E-state index is -0.405. The number of nitrogens with zero attached hydrogens (tertiary/aromatic N) is 2. The van der Waals surface area contributed by atoms with E-state index in [0.29, 0.717) is 18.2 Å². The van der Waals surface area contributed by atoms with Crippen molar-refractivity contribution in [2.75, 3.05) is 50.8 Å². The molecule has 0 spiro atoms. The molecular weight excluding hydrogens is 378 g/mol. The third kappa shape index (κ3) is 5.63. The molecule has 0 bridgehead atoms. The number of anilines is 1. The molecule has 2 heterocycles. The van der Waals surface area contributed by atoms with Crippen molar-refractivity contribution in [1.82, 2.24) is 21.1 Å². The van der Waals surface area contributed by atoms with E-state index in [1.165, 1.54) is 0 Å². The Hall–Kier alpha value is -2.23. The number of thiocarbonyl (C=S) groups is 1. The molecule has 1 atom stereocenters. The van der Waals surface area contributed by atoms with Crippen molar-refractivity contribution in [3.8, 4) is 0 Å². The fraction of sp³-hybridized carbons (Fsp3) is 0.526. The summed E-state index contributed by atoms with van der Waals surface area (Å²) in [6, 6.07) is 7.72. The lowest BCUT2D eigenvalue weighted by Crippen LogP contribution is -2.50. The monoisotopic (exact) mass is 405 g/mol. The van der Waals surface area contributed by atoms with Gasteiger partial charge < -0.3 is 15.0 Å². The Morgan fingerprint density at radius 2 is 1.93 bits per heavy atom. The van der Waals surface area contributed by atoms with Crippen LogP contribution in [0.25, 0.3) is 0 Å². The van der Waals surface area contributed by atoms with Gasteiger partial charge in [0.05, 0.1) is 19.1 Å². The van der Waals surface area contributed by atoms with Crippen molar-refractivity contribution in [2.45, 2.75) is 13.3 Å². The van der Waals surface area contributed by atoms with Crippen LogP contribution < -0.4 is 21.1 Å². The van der Waals surface area contributed by atoms with Gasteiger partial charge in [-0.25, -0.2) is 0 Å². The van der Waals surface area contributed by atoms with Crippen LogP contribution in [-0.2, 0) is 14.3 Å². The predicted molar refractivity (Wildman–Crippen MR) is 111 cm³/mol. The van der Waals surface area contributed by atoms with Gasteiger partial charge in [0.25, 0.3) is 0 Å². The second kappa shape index (κ2) is 9.81. The minimum Gasteiger partial charge on any atom is -0.379 e. The van der Waals surface area contributed by atoms with Crippen LogP contribution in [0.15, 0.2) is 24.3 Å². The molecule has 0 aliphatic carbocycles. The number of morpholine rings is 1. The number of nitrogens with one attached hydrogen (secondary N) is 3. The molecule has 0 aromatic heterocycles. The number of aryl methyl sites for hydroxylation is 1. The molecule has 28 heavy (non-hydrogen) atoms. The first kappa shape index (κ1) is 20.5. The van der Waals surface area contributed by atoms with Gasteiger partial charge in [-0.05, 0) is 31.3 Å². The van der Waals surface area contributed by atoms with Crippen molar-refractivity contribution < 1.29 is 14.3 Å². The maximum absolute atomic E-state index is 12.4. The molecule has 0 unspecified atom stereocenters. The number of hydrazine groups is 1. The number of benzene rings is 1. The summed E-state index contributed by atoms with van der Waals surface area (Å²) in [5, 5.41) is 3.43. The van der Waals surface area contributed by atoms with Crippen LogP contribution in [0.2, 0.25) is 0 Å². The number of hydrogen-bond acceptors (Lipinski definition) is 5. The van der Waals surface area contributed by atoms with Gasteiger partial charge >= 0.3 is 0 Å². The average Bonchev–Trinajstić information content (AvgIpc) is 3.09. The van der Waals surface area contributed by atoms with Crippen LogP contribution in [0.1, 0.15) is 12.0 Å². The molecule has 8 nitrogen and oxygen atoms in total. The fourth-order valence-corrected chi connectivity index (χ4v) is 3.43. The second-order valence-corrected chi connectivity index (χ2v) is 7.47. The van der Waals surface area contributed by atoms with E-state index in [4.69, 9.17) is 17.0 Å². The van der Waals surface area contributed by atoms with Crippen molar-refractivity contribution >= 4 is 34.8 Å². The SMILES string of the molecule is Cc1ccc(N2C[C@@H](C(=O)NNC(=S)NCCN3CCOCC3)CC2=O)cc1. The van der Waals surface area contributed by atoms with Gasteiger partial charge in [-0.1, -0.05) is 17.7 Å². The standard InChI is InChI=1S/C19H27N5O3S/c1-14-2-4-16(5-3-14)24-13-15(12-17(24)25)18(26)21-22-19(28)20-6-7-23-8-10-27-11-9-23/h2-5,15H,6-13H2,1H3,(H,21,26)(H2,20,22,28)/t15-/m0/s1. The molecule has 1 aromatic rings. The Bertz CT molecular complexity index is 706. The highest BCUT2D eigenvalue weighted by Gasteiger charge is 2.35. The zero-order valence-electron chi connectivity index (χ0n) is 16.1. The van der Waals surface area contributed by atoms with Gasteiger partial charge in [0, 0.05) is 44.8 Å². The second-order valence-electron chi connectivity index (χ2n) is 7.07. The molecule has 0 saturated carbocycles. The Balaban J connectivity index is 1.38. The molecule has 3 rings (SSSR count). The maximum Gasteiger partial charge on any atom is 0.243 e. The number of carbonyl (C=O) groups excluding carboxylic acids is 2. The lowest BCUT2D eigenvalue weighted by molar-refractivity contribution is -0.126. The molecule has 2 amide bonds. The van der Waals surface area contributed by atoms with E-state index in [1.807, 2.05) is 31.2 Å². The van der Waals surface area contributed by atoms with Crippen LogP contribution in [0.5, 0.6) is 0 Å². The van der Waals surface area contributed by atoms with Gasteiger partial charge in [0.1, 0.15) is 0 Å². The quantitative estimate of drug-likeness (QED) is 0.476. The number of ether oxygens (including phenoxy) is 1. The first-order valence-corrected chi connectivity index (χ1v) is 9.94. The normalized spacial score (nSPS) is 20.1. The van der Waals surface area contributed by atoms with Crippen LogP contribution in [0.3, 0.4) is 0 Å². The van der Waals surface area contributed by atoms with Gasteiger partial charge in [-0.15, -0.1) is 0 Å². The maximum atomic E-state index is 12.4. The summed E-state index contributed by atoms with van der Waals surface area (Å²) < 4.78 is 5.31. The van der Waals surface area contributed by atoms with Crippen LogP contribution in [-0.4, -0.2) is 67.8 Å². The lowest BCUT2D eigenvalue weighted by atomic mass is 10.1. The first-order valence-electron chi connectivity index (χ1n) is 9.54. The zero-order valence-corrected chi connectivity index (χ0v) is 16.9. The highest BCUT2D eigenvalue weighted by molar-refractivity contribution is 7.80. The minimum absolute atomic E-state index is 0.0461. The van der Waals surface area contributed by atoms with Crippen LogP contribution in [0.4, 0.5) is 5.69 Å². The molecule has 9 heteroatoms. The smallest absolute Gasteiger partial charge is 0.243 e. The third-order valence-electron chi connectivity index (χ3n) is 4.96. The van der Waals surface area contributed by atoms with Gasteiger partial charge in [-0.2, -0.15) is 0 Å². The predicted octanol–water partition coefficient (Wildman–Crippen LogP) is 0.175. The highest BCUT2D eigenvalue weighted by atomic mass is 32.1. The Morgan fingerprint density at radius 3 is 2.64 bits per heavy atom. The molecule has 2 aliphatic heterocycles. The summed E-state index contributed by atoms with van der Waals surface area (Å²) in [4.78, 5) is 28.6. The van der Waals surface area contributed by atoms with Crippen LogP contribution >= 0.6 is 12.2 Å². The molecule has 1 aromatic carbocycles. The molecule has 2 saturated heterocycles. The van der Waals surface area contributed by atoms with Gasteiger partial charge in [0.15, 0.2) is 5.11 Å². The Morgan fingerprint density at radius 1 is 1.21 bits per heavy atom. The van der Waals surface area contributed by atoms with E-state index in [-0.39, 0.29) is 18.2 Å². The van der Waals surface area contributed by atoms with E-state index >= 15 is 0 Å². The van der Waals surface area contributed by atoms with Crippen molar-refractivity contribution in [2.24, 2.45) is 5.92 Å². The zero-order chi connectivity index (χ0) is 19.9. The molecule has 152 valence electrons. The Kier molecular flexibility index (Phi) is 7.18. The fourth-order valence-electron chi connectivity index (χ4n) is 3.27. The average molecular weight is 406 g/mol. The highest BCUT2D eigenvalue weighted by Crippen LogP contribution is 2.25. The Labute approximate surface area is 170 Å². The summed E-state index contributed by atoms with van der Waals surface area (Å²) in [6.45, 7) is 7.28. The summed E-state index contributed by atoms with van der Waals surface area (Å²) in [6.07, 6.45) is 0.193. The van der Waals surface area contributed by atoms with Crippen molar-refractivity contribution in [3.05, 3.63) is 29.8 Å². The van der Waals surface area contributed by atoms with Crippen molar-refractivity contribution in [3.63, 3.8) is 0 Å². The first-order chi connectivity index (χ1) is 13.5. The third-order valence-corrected chi connectivity index (χ3v) is 5.20. The molecular formula is C19H27N5O3S. The number of rotatable bonds is 5. The van der Waals surface area contributed by atoms with E-state index in [0.717, 1.165) is 44.1 Å². The van der Waals surface area contributed by atoms with E-state index in [1.54, 1.807) is 4.90 Å². The largest absolute Gasteiger partial charge is 0.379 e. The van der Waals surface area contributed by atoms with Gasteiger partial charge in [-0.3, -0.25) is 25.3 Å². The number of carbonyl (C=O) groups is 2. The number of hydrogen-bond donors (Lipinski definition) is 3. The summed E-state index contributed by atoms with van der Waals surface area (Å²) in [7, 11) is 0.